The minimum Gasteiger partial charge on any atom is -0.454 e. The molecule has 0 N–H and O–H groups in total. The summed E-state index contributed by atoms with van der Waals surface area (Å²) in [4.78, 5) is 23.0. The van der Waals surface area contributed by atoms with E-state index in [1.807, 2.05) is 29.7 Å². The maximum Gasteiger partial charge on any atom is 0.266 e. The van der Waals surface area contributed by atoms with Gasteiger partial charge in [0.2, 0.25) is 11.9 Å². The number of amidine groups is 1. The van der Waals surface area contributed by atoms with E-state index in [1.54, 1.807) is 13.2 Å². The minimum atomic E-state index is -0.0806. The first-order chi connectivity index (χ1) is 11.2. The molecule has 8 heteroatoms. The lowest BCUT2D eigenvalue weighted by Gasteiger charge is -2.05. The molecule has 0 spiro atoms. The molecule has 3 heterocycles. The van der Waals surface area contributed by atoms with E-state index in [0.29, 0.717) is 21.0 Å². The Morgan fingerprint density at radius 2 is 2.22 bits per heavy atom. The number of carbonyl (C=O) groups is 1. The summed E-state index contributed by atoms with van der Waals surface area (Å²) in [7, 11) is 1.71. The van der Waals surface area contributed by atoms with Gasteiger partial charge >= 0.3 is 0 Å². The third kappa shape index (κ3) is 2.71. The summed E-state index contributed by atoms with van der Waals surface area (Å²) >= 11 is 2.77. The Morgan fingerprint density at radius 1 is 1.35 bits per heavy atom. The van der Waals surface area contributed by atoms with Crippen molar-refractivity contribution in [3.8, 4) is 11.5 Å². The largest absolute Gasteiger partial charge is 0.454 e. The normalized spacial score (nSPS) is 20.0. The number of likely N-dealkylation sites (N-methyl/N-ethyl adjacent to an activating group) is 1. The van der Waals surface area contributed by atoms with E-state index >= 15 is 0 Å². The molecule has 116 valence electrons. The van der Waals surface area contributed by atoms with Gasteiger partial charge in [0.1, 0.15) is 0 Å². The summed E-state index contributed by atoms with van der Waals surface area (Å²) in [6, 6.07) is 5.59. The van der Waals surface area contributed by atoms with Crippen molar-refractivity contribution in [1.82, 2.24) is 9.88 Å². The highest BCUT2D eigenvalue weighted by molar-refractivity contribution is 8.18. The van der Waals surface area contributed by atoms with Gasteiger partial charge in [-0.15, -0.1) is 11.3 Å². The molecule has 4 rings (SSSR count). The second-order valence-corrected chi connectivity index (χ2v) is 6.68. The number of amides is 1. The van der Waals surface area contributed by atoms with Crippen molar-refractivity contribution in [3.63, 3.8) is 0 Å². The number of benzene rings is 1. The first-order valence-corrected chi connectivity index (χ1v) is 8.46. The topological polar surface area (TPSA) is 64.0 Å². The van der Waals surface area contributed by atoms with Gasteiger partial charge in [-0.1, -0.05) is 6.07 Å². The molecule has 0 aliphatic carbocycles. The summed E-state index contributed by atoms with van der Waals surface area (Å²) in [5.74, 6) is 1.34. The summed E-state index contributed by atoms with van der Waals surface area (Å²) < 4.78 is 10.6. The van der Waals surface area contributed by atoms with E-state index in [2.05, 4.69) is 9.98 Å². The molecule has 6 nitrogen and oxygen atoms in total. The van der Waals surface area contributed by atoms with Crippen LogP contribution in [0.1, 0.15) is 5.56 Å². The van der Waals surface area contributed by atoms with Crippen LogP contribution in [-0.2, 0) is 4.79 Å². The molecule has 1 amide bonds. The van der Waals surface area contributed by atoms with Crippen molar-refractivity contribution in [2.24, 2.45) is 4.99 Å². The first-order valence-electron chi connectivity index (χ1n) is 6.76. The average Bonchev–Trinajstić information content (AvgIpc) is 3.26. The molecule has 0 atom stereocenters. The van der Waals surface area contributed by atoms with Gasteiger partial charge in [0.15, 0.2) is 16.7 Å². The SMILES string of the molecule is CN1C(=O)/C(=C/c2ccc3c(c2)OCO3)S/C1=N/c1nccs1. The molecule has 1 saturated heterocycles. The molecular weight excluding hydrogens is 334 g/mol. The van der Waals surface area contributed by atoms with Crippen molar-refractivity contribution in [2.75, 3.05) is 13.8 Å². The van der Waals surface area contributed by atoms with Crippen LogP contribution in [0.2, 0.25) is 0 Å². The Hall–Kier alpha value is -2.32. The zero-order valence-electron chi connectivity index (χ0n) is 12.1. The third-order valence-electron chi connectivity index (χ3n) is 3.31. The molecule has 0 bridgehead atoms. The van der Waals surface area contributed by atoms with E-state index in [9.17, 15) is 4.79 Å². The molecule has 2 aliphatic heterocycles. The molecule has 0 unspecified atom stereocenters. The van der Waals surface area contributed by atoms with Gasteiger partial charge in [-0.2, -0.15) is 4.99 Å². The van der Waals surface area contributed by atoms with E-state index in [0.717, 1.165) is 11.3 Å². The Bertz CT molecular complexity index is 830. The number of thiazole rings is 1. The predicted octanol–water partition coefficient (Wildman–Crippen LogP) is 3.11. The van der Waals surface area contributed by atoms with Crippen molar-refractivity contribution in [1.29, 1.82) is 0 Å². The maximum absolute atomic E-state index is 12.4. The molecule has 23 heavy (non-hydrogen) atoms. The molecule has 1 aromatic carbocycles. The Morgan fingerprint density at radius 3 is 3.04 bits per heavy atom. The number of aromatic nitrogens is 1. The van der Waals surface area contributed by atoms with Gasteiger partial charge in [0.25, 0.3) is 5.91 Å². The second kappa shape index (κ2) is 5.71. The summed E-state index contributed by atoms with van der Waals surface area (Å²) in [6.45, 7) is 0.233. The van der Waals surface area contributed by atoms with Crippen LogP contribution in [0.15, 0.2) is 39.7 Å². The van der Waals surface area contributed by atoms with E-state index < -0.39 is 0 Å². The quantitative estimate of drug-likeness (QED) is 0.783. The van der Waals surface area contributed by atoms with E-state index in [-0.39, 0.29) is 12.7 Å². The number of carbonyl (C=O) groups excluding carboxylic acids is 1. The van der Waals surface area contributed by atoms with Crippen LogP contribution in [-0.4, -0.2) is 34.8 Å². The number of nitrogens with zero attached hydrogens (tertiary/aromatic N) is 3. The third-order valence-corrected chi connectivity index (χ3v) is 5.03. The van der Waals surface area contributed by atoms with Crippen molar-refractivity contribution in [2.45, 2.75) is 0 Å². The van der Waals surface area contributed by atoms with Crippen LogP contribution in [0, 0.1) is 0 Å². The summed E-state index contributed by atoms with van der Waals surface area (Å²) in [6.07, 6.45) is 3.52. The predicted molar refractivity (Wildman–Crippen MR) is 90.1 cm³/mol. The number of rotatable bonds is 2. The summed E-state index contributed by atoms with van der Waals surface area (Å²) in [5, 5.41) is 3.11. The zero-order chi connectivity index (χ0) is 15.8. The lowest BCUT2D eigenvalue weighted by Crippen LogP contribution is -2.23. The van der Waals surface area contributed by atoms with Crippen LogP contribution in [0.5, 0.6) is 11.5 Å². The van der Waals surface area contributed by atoms with Crippen LogP contribution < -0.4 is 9.47 Å². The van der Waals surface area contributed by atoms with Gasteiger partial charge in [-0.25, -0.2) is 4.98 Å². The fraction of sp³-hybridized carbons (Fsp3) is 0.133. The molecule has 1 fully saturated rings. The Labute approximate surface area is 140 Å². The van der Waals surface area contributed by atoms with Crippen molar-refractivity contribution in [3.05, 3.63) is 40.2 Å². The molecule has 2 aliphatic rings. The Balaban J connectivity index is 1.63. The lowest BCUT2D eigenvalue weighted by atomic mass is 10.2. The van der Waals surface area contributed by atoms with Gasteiger partial charge < -0.3 is 9.47 Å². The van der Waals surface area contributed by atoms with Crippen LogP contribution in [0.3, 0.4) is 0 Å². The minimum absolute atomic E-state index is 0.0806. The maximum atomic E-state index is 12.4. The molecule has 2 aromatic rings. The van der Waals surface area contributed by atoms with Crippen LogP contribution in [0.4, 0.5) is 5.13 Å². The van der Waals surface area contributed by atoms with Crippen molar-refractivity contribution < 1.29 is 14.3 Å². The number of thioether (sulfide) groups is 1. The number of fused-ring (bicyclic) bond motifs is 1. The fourth-order valence-electron chi connectivity index (χ4n) is 2.16. The van der Waals surface area contributed by atoms with Gasteiger partial charge in [-0.05, 0) is 35.5 Å². The van der Waals surface area contributed by atoms with Gasteiger partial charge in [0, 0.05) is 18.6 Å². The first kappa shape index (κ1) is 14.3. The van der Waals surface area contributed by atoms with E-state index in [1.165, 1.54) is 28.0 Å². The molecule has 0 saturated carbocycles. The molecule has 1 aromatic heterocycles. The lowest BCUT2D eigenvalue weighted by molar-refractivity contribution is -0.121. The van der Waals surface area contributed by atoms with Crippen LogP contribution >= 0.6 is 23.1 Å². The smallest absolute Gasteiger partial charge is 0.266 e. The number of hydrogen-bond donors (Lipinski definition) is 0. The summed E-state index contributed by atoms with van der Waals surface area (Å²) in [5.41, 5.74) is 0.883. The van der Waals surface area contributed by atoms with Gasteiger partial charge in [0.05, 0.1) is 4.91 Å². The highest BCUT2D eigenvalue weighted by atomic mass is 32.2. The fourth-order valence-corrected chi connectivity index (χ4v) is 3.69. The molecular formula is C15H11N3O3S2. The highest BCUT2D eigenvalue weighted by Gasteiger charge is 2.30. The number of aliphatic imine (C=N–C) groups is 1. The van der Waals surface area contributed by atoms with Crippen LogP contribution in [0.25, 0.3) is 6.08 Å². The standard InChI is InChI=1S/C15H11N3O3S2/c1-18-13(19)12(23-15(18)17-14-16-4-5-22-14)7-9-2-3-10-11(6-9)21-8-20-10/h2-7H,8H2,1H3/b12-7-,17-15+. The number of hydrogen-bond acceptors (Lipinski definition) is 7. The zero-order valence-corrected chi connectivity index (χ0v) is 13.7. The van der Waals surface area contributed by atoms with Crippen molar-refractivity contribution >= 4 is 45.4 Å². The molecule has 0 radical (unpaired) electrons. The average molecular weight is 345 g/mol. The Kier molecular flexibility index (Phi) is 3.55. The van der Waals surface area contributed by atoms with E-state index in [4.69, 9.17) is 9.47 Å². The second-order valence-electron chi connectivity index (χ2n) is 4.80. The van der Waals surface area contributed by atoms with Gasteiger partial charge in [-0.3, -0.25) is 9.69 Å². The number of ether oxygens (including phenoxy) is 2. The highest BCUT2D eigenvalue weighted by Crippen LogP contribution is 2.36. The monoisotopic (exact) mass is 345 g/mol.